The number of carbonyl (C=O) groups is 2. The normalized spacial score (nSPS) is 16.1. The minimum absolute atomic E-state index is 0.173. The molecule has 2 amide bonds. The molecule has 0 radical (unpaired) electrons. The fourth-order valence-electron chi connectivity index (χ4n) is 2.10. The Balaban J connectivity index is 1.91. The van der Waals surface area contributed by atoms with Crippen LogP contribution in [0.3, 0.4) is 0 Å². The number of thioether (sulfide) groups is 1. The van der Waals surface area contributed by atoms with Crippen LogP contribution in [0.15, 0.2) is 53.4 Å². The summed E-state index contributed by atoms with van der Waals surface area (Å²) in [5.41, 5.74) is 1.09. The topological polar surface area (TPSA) is 37.4 Å². The summed E-state index contributed by atoms with van der Waals surface area (Å²) < 4.78 is 14.2. The molecule has 24 heavy (non-hydrogen) atoms. The summed E-state index contributed by atoms with van der Waals surface area (Å²) in [6.07, 6.45) is 1.72. The zero-order valence-corrected chi connectivity index (χ0v) is 15.8. The maximum Gasteiger partial charge on any atom is 0.273 e. The van der Waals surface area contributed by atoms with Crippen molar-refractivity contribution in [1.29, 1.82) is 0 Å². The predicted octanol–water partition coefficient (Wildman–Crippen LogP) is 4.47. The number of imide groups is 1. The molecule has 0 aliphatic carbocycles. The van der Waals surface area contributed by atoms with E-state index in [1.165, 1.54) is 24.3 Å². The Morgan fingerprint density at radius 2 is 1.83 bits per heavy atom. The van der Waals surface area contributed by atoms with Gasteiger partial charge in [-0.2, -0.15) is 0 Å². The minimum Gasteiger partial charge on any atom is -0.268 e. The van der Waals surface area contributed by atoms with Crippen molar-refractivity contribution in [3.8, 4) is 0 Å². The molecule has 0 saturated carbocycles. The highest BCUT2D eigenvalue weighted by Crippen LogP contribution is 2.34. The monoisotopic (exact) mass is 469 g/mol. The van der Waals surface area contributed by atoms with E-state index in [0.29, 0.717) is 4.91 Å². The van der Waals surface area contributed by atoms with Crippen LogP contribution in [-0.4, -0.2) is 21.0 Å². The molecule has 1 fully saturated rings. The lowest BCUT2D eigenvalue weighted by atomic mass is 10.2. The van der Waals surface area contributed by atoms with Gasteiger partial charge in [0, 0.05) is 9.13 Å². The minimum atomic E-state index is -0.552. The van der Waals surface area contributed by atoms with E-state index in [1.807, 2.05) is 24.3 Å². The van der Waals surface area contributed by atoms with Crippen molar-refractivity contribution >= 4 is 68.8 Å². The van der Waals surface area contributed by atoms with Crippen molar-refractivity contribution in [3.63, 3.8) is 0 Å². The van der Waals surface area contributed by atoms with Gasteiger partial charge in [0.25, 0.3) is 11.8 Å². The number of amides is 2. The van der Waals surface area contributed by atoms with E-state index in [9.17, 15) is 14.0 Å². The largest absolute Gasteiger partial charge is 0.273 e. The van der Waals surface area contributed by atoms with Gasteiger partial charge >= 0.3 is 0 Å². The summed E-state index contributed by atoms with van der Waals surface area (Å²) in [7, 11) is 0. The molecule has 2 aromatic rings. The SMILES string of the molecule is O=C1/C(=C\c2ccccc2I)SC(=S)N1C(=O)c1ccc(F)cc1. The standard InChI is InChI=1S/C17H9FINO2S2/c18-12-7-5-10(6-8-12)15(21)20-16(22)14(24-17(20)23)9-11-3-1-2-4-13(11)19/h1-9H/b14-9+. The summed E-state index contributed by atoms with van der Waals surface area (Å²) >= 11 is 8.43. The molecule has 0 unspecified atom stereocenters. The molecule has 120 valence electrons. The Kier molecular flexibility index (Phi) is 5.12. The number of nitrogens with zero attached hydrogens (tertiary/aromatic N) is 1. The number of hydrogen-bond donors (Lipinski definition) is 0. The Bertz CT molecular complexity index is 880. The maximum atomic E-state index is 13.0. The van der Waals surface area contributed by atoms with Gasteiger partial charge < -0.3 is 0 Å². The molecule has 0 bridgehead atoms. The summed E-state index contributed by atoms with van der Waals surface area (Å²) in [4.78, 5) is 26.4. The van der Waals surface area contributed by atoms with Crippen LogP contribution in [0.1, 0.15) is 15.9 Å². The van der Waals surface area contributed by atoms with Crippen molar-refractivity contribution in [1.82, 2.24) is 4.90 Å². The van der Waals surface area contributed by atoms with Crippen molar-refractivity contribution in [2.24, 2.45) is 0 Å². The lowest BCUT2D eigenvalue weighted by Crippen LogP contribution is -2.34. The molecule has 0 atom stereocenters. The molecule has 1 heterocycles. The van der Waals surface area contributed by atoms with Crippen LogP contribution in [0.4, 0.5) is 4.39 Å². The van der Waals surface area contributed by atoms with Crippen LogP contribution in [0, 0.1) is 9.39 Å². The first-order valence-corrected chi connectivity index (χ1v) is 9.10. The number of hydrogen-bond acceptors (Lipinski definition) is 4. The predicted molar refractivity (Wildman–Crippen MR) is 105 cm³/mol. The summed E-state index contributed by atoms with van der Waals surface area (Å²) in [6, 6.07) is 12.6. The maximum absolute atomic E-state index is 13.0. The third-order valence-electron chi connectivity index (χ3n) is 3.28. The second kappa shape index (κ2) is 7.12. The van der Waals surface area contributed by atoms with Crippen LogP contribution in [-0.2, 0) is 4.79 Å². The fourth-order valence-corrected chi connectivity index (χ4v) is 3.89. The van der Waals surface area contributed by atoms with E-state index in [0.717, 1.165) is 25.8 Å². The zero-order chi connectivity index (χ0) is 17.3. The molecule has 1 aliphatic rings. The van der Waals surface area contributed by atoms with Crippen molar-refractivity contribution in [2.75, 3.05) is 0 Å². The average molecular weight is 469 g/mol. The second-order valence-electron chi connectivity index (χ2n) is 4.85. The Morgan fingerprint density at radius 1 is 1.17 bits per heavy atom. The number of halogens is 2. The first kappa shape index (κ1) is 17.2. The van der Waals surface area contributed by atoms with Crippen molar-refractivity contribution in [3.05, 3.63) is 74.0 Å². The van der Waals surface area contributed by atoms with E-state index >= 15 is 0 Å². The van der Waals surface area contributed by atoms with Crippen molar-refractivity contribution < 1.29 is 14.0 Å². The summed E-state index contributed by atoms with van der Waals surface area (Å²) in [5, 5.41) is 0. The Hall–Kier alpha value is -1.58. The van der Waals surface area contributed by atoms with E-state index in [4.69, 9.17) is 12.2 Å². The number of thiocarbonyl (C=S) groups is 1. The summed E-state index contributed by atoms with van der Waals surface area (Å²) in [6.45, 7) is 0. The van der Waals surface area contributed by atoms with Gasteiger partial charge in [0.1, 0.15) is 5.82 Å². The molecule has 3 nitrogen and oxygen atoms in total. The summed E-state index contributed by atoms with van der Waals surface area (Å²) in [5.74, 6) is -1.46. The van der Waals surface area contributed by atoms with Gasteiger partial charge in [0.15, 0.2) is 4.32 Å². The molecule has 0 spiro atoms. The smallest absolute Gasteiger partial charge is 0.268 e. The Morgan fingerprint density at radius 3 is 2.50 bits per heavy atom. The van der Waals surface area contributed by atoms with Gasteiger partial charge in [-0.1, -0.05) is 42.2 Å². The van der Waals surface area contributed by atoms with Crippen molar-refractivity contribution in [2.45, 2.75) is 0 Å². The van der Waals surface area contributed by atoms with Gasteiger partial charge in [-0.15, -0.1) is 0 Å². The molecule has 7 heteroatoms. The van der Waals surface area contributed by atoms with E-state index in [-0.39, 0.29) is 9.88 Å². The quantitative estimate of drug-likeness (QED) is 0.282. The van der Waals surface area contributed by atoms with Gasteiger partial charge in [-0.05, 0) is 64.6 Å². The number of carbonyl (C=O) groups excluding carboxylic acids is 2. The van der Waals surface area contributed by atoms with E-state index in [1.54, 1.807) is 6.08 Å². The van der Waals surface area contributed by atoms with Gasteiger partial charge in [-0.3, -0.25) is 9.59 Å². The van der Waals surface area contributed by atoms with E-state index < -0.39 is 17.6 Å². The van der Waals surface area contributed by atoms with Crippen LogP contribution < -0.4 is 0 Å². The molecule has 0 aromatic heterocycles. The van der Waals surface area contributed by atoms with Gasteiger partial charge in [-0.25, -0.2) is 9.29 Å². The lowest BCUT2D eigenvalue weighted by Gasteiger charge is -2.12. The first-order chi connectivity index (χ1) is 11.5. The first-order valence-electron chi connectivity index (χ1n) is 6.80. The molecule has 2 aromatic carbocycles. The van der Waals surface area contributed by atoms with Crippen LogP contribution in [0.25, 0.3) is 6.08 Å². The molecule has 1 saturated heterocycles. The van der Waals surface area contributed by atoms with E-state index in [2.05, 4.69) is 22.6 Å². The number of benzene rings is 2. The Labute approximate surface area is 161 Å². The highest BCUT2D eigenvalue weighted by Gasteiger charge is 2.37. The molecular weight excluding hydrogens is 460 g/mol. The van der Waals surface area contributed by atoms with Gasteiger partial charge in [0.05, 0.1) is 4.91 Å². The van der Waals surface area contributed by atoms with Gasteiger partial charge in [0.2, 0.25) is 0 Å². The fraction of sp³-hybridized carbons (Fsp3) is 0. The van der Waals surface area contributed by atoms with Crippen LogP contribution in [0.2, 0.25) is 0 Å². The zero-order valence-electron chi connectivity index (χ0n) is 12.0. The highest BCUT2D eigenvalue weighted by atomic mass is 127. The third-order valence-corrected chi connectivity index (χ3v) is 5.56. The molecule has 1 aliphatic heterocycles. The van der Waals surface area contributed by atoms with Crippen LogP contribution >= 0.6 is 46.6 Å². The lowest BCUT2D eigenvalue weighted by molar-refractivity contribution is -0.120. The molecular formula is C17H9FINO2S2. The number of rotatable bonds is 2. The average Bonchev–Trinajstić information content (AvgIpc) is 2.84. The molecule has 3 rings (SSSR count). The highest BCUT2D eigenvalue weighted by molar-refractivity contribution is 14.1. The van der Waals surface area contributed by atoms with Crippen LogP contribution in [0.5, 0.6) is 0 Å². The second-order valence-corrected chi connectivity index (χ2v) is 7.69. The molecule has 0 N–H and O–H groups in total. The third kappa shape index (κ3) is 3.42.